The molecule has 0 aliphatic rings. The molecule has 4 aromatic rings. The fraction of sp³-hybridized carbons (Fsp3) is 0. The quantitative estimate of drug-likeness (QED) is 0.344. The van der Waals surface area contributed by atoms with Crippen LogP contribution in [0.2, 0.25) is 0 Å². The fourth-order valence-corrected chi connectivity index (χ4v) is 3.45. The highest BCUT2D eigenvalue weighted by molar-refractivity contribution is 9.10. The molecular weight excluding hydrogens is 368 g/mol. The average Bonchev–Trinajstić information content (AvgIpc) is 2.69. The van der Waals surface area contributed by atoms with Crippen LogP contribution >= 0.6 is 15.9 Å². The van der Waals surface area contributed by atoms with Gasteiger partial charge in [-0.25, -0.2) is 0 Å². The molecule has 0 nitrogen and oxygen atoms in total. The Morgan fingerprint density at radius 2 is 0.760 bits per heavy atom. The third kappa shape index (κ3) is 3.29. The van der Waals surface area contributed by atoms with Crippen molar-refractivity contribution >= 4 is 15.9 Å². The van der Waals surface area contributed by atoms with E-state index in [1.54, 1.807) is 0 Å². The molecule has 0 heterocycles. The summed E-state index contributed by atoms with van der Waals surface area (Å²) in [6.45, 7) is 0. The lowest BCUT2D eigenvalue weighted by Crippen LogP contribution is -1.88. The lowest BCUT2D eigenvalue weighted by molar-refractivity contribution is 1.55. The summed E-state index contributed by atoms with van der Waals surface area (Å²) in [4.78, 5) is 0. The summed E-state index contributed by atoms with van der Waals surface area (Å²) in [5, 5.41) is 0. The Hall–Kier alpha value is -2.64. The van der Waals surface area contributed by atoms with E-state index in [0.29, 0.717) is 0 Å². The predicted octanol–water partition coefficient (Wildman–Crippen LogP) is 7.45. The summed E-state index contributed by atoms with van der Waals surface area (Å²) in [6, 6.07) is 36.3. The second-order valence-electron chi connectivity index (χ2n) is 5.96. The third-order valence-electron chi connectivity index (χ3n) is 4.38. The Labute approximate surface area is 156 Å². The molecule has 0 saturated carbocycles. The summed E-state index contributed by atoms with van der Waals surface area (Å²) >= 11 is 3.52. The highest BCUT2D eigenvalue weighted by atomic mass is 79.9. The minimum Gasteiger partial charge on any atom is -0.0622 e. The van der Waals surface area contributed by atoms with Gasteiger partial charge in [0.05, 0.1) is 0 Å². The van der Waals surface area contributed by atoms with Crippen molar-refractivity contribution in [3.8, 4) is 33.4 Å². The topological polar surface area (TPSA) is 0 Å². The smallest absolute Gasteiger partial charge is 0.0175 e. The van der Waals surface area contributed by atoms with Crippen LogP contribution in [0.4, 0.5) is 0 Å². The molecule has 4 aromatic carbocycles. The van der Waals surface area contributed by atoms with Gasteiger partial charge in [0.25, 0.3) is 0 Å². The monoisotopic (exact) mass is 384 g/mol. The fourth-order valence-electron chi connectivity index (χ4n) is 3.19. The van der Waals surface area contributed by atoms with Crippen LogP contribution in [0.25, 0.3) is 33.4 Å². The molecule has 0 fully saturated rings. The Kier molecular flexibility index (Phi) is 4.49. The molecule has 0 radical (unpaired) electrons. The van der Waals surface area contributed by atoms with E-state index in [1.807, 2.05) is 0 Å². The minimum atomic E-state index is 1.10. The third-order valence-corrected chi connectivity index (χ3v) is 4.91. The second kappa shape index (κ2) is 7.08. The molecule has 0 aromatic heterocycles. The van der Waals surface area contributed by atoms with E-state index in [-0.39, 0.29) is 0 Å². The van der Waals surface area contributed by atoms with Gasteiger partial charge in [0.1, 0.15) is 0 Å². The zero-order valence-electron chi connectivity index (χ0n) is 13.7. The van der Waals surface area contributed by atoms with Gasteiger partial charge >= 0.3 is 0 Å². The lowest BCUT2D eigenvalue weighted by atomic mass is 9.89. The Morgan fingerprint density at radius 3 is 1.28 bits per heavy atom. The van der Waals surface area contributed by atoms with Gasteiger partial charge in [-0.05, 0) is 45.5 Å². The maximum absolute atomic E-state index is 3.52. The van der Waals surface area contributed by atoms with E-state index in [9.17, 15) is 0 Å². The summed E-state index contributed by atoms with van der Waals surface area (Å²) < 4.78 is 1.10. The van der Waals surface area contributed by atoms with Crippen LogP contribution in [-0.2, 0) is 0 Å². The summed E-state index contributed by atoms with van der Waals surface area (Å²) in [5.41, 5.74) is 7.48. The molecule has 0 unspecified atom stereocenters. The van der Waals surface area contributed by atoms with Crippen LogP contribution in [0, 0.1) is 0 Å². The van der Waals surface area contributed by atoms with E-state index >= 15 is 0 Å². The average molecular weight is 385 g/mol. The predicted molar refractivity (Wildman–Crippen MR) is 110 cm³/mol. The van der Waals surface area contributed by atoms with Crippen molar-refractivity contribution in [1.82, 2.24) is 0 Å². The van der Waals surface area contributed by atoms with Crippen LogP contribution in [0.15, 0.2) is 108 Å². The molecule has 0 saturated heterocycles. The van der Waals surface area contributed by atoms with Crippen LogP contribution < -0.4 is 0 Å². The van der Waals surface area contributed by atoms with Gasteiger partial charge in [-0.15, -0.1) is 0 Å². The number of hydrogen-bond acceptors (Lipinski definition) is 0. The summed E-state index contributed by atoms with van der Waals surface area (Å²) in [6.07, 6.45) is 0. The van der Waals surface area contributed by atoms with E-state index in [0.717, 1.165) is 4.47 Å². The molecule has 25 heavy (non-hydrogen) atoms. The van der Waals surface area contributed by atoms with Crippen LogP contribution in [0.1, 0.15) is 0 Å². The number of hydrogen-bond donors (Lipinski definition) is 0. The first-order chi connectivity index (χ1) is 12.3. The molecule has 0 atom stereocenters. The SMILES string of the molecule is Brc1ccc(-c2ccccc2-c2ccccc2-c2ccccc2)cc1. The van der Waals surface area contributed by atoms with E-state index in [1.165, 1.54) is 33.4 Å². The standard InChI is InChI=1S/C24H17Br/c25-20-16-14-19(15-17-20)22-11-5-7-13-24(22)23-12-6-4-10-21(23)18-8-2-1-3-9-18/h1-17H. The number of benzene rings is 4. The van der Waals surface area contributed by atoms with Crippen molar-refractivity contribution < 1.29 is 0 Å². The van der Waals surface area contributed by atoms with Crippen LogP contribution in [0.3, 0.4) is 0 Å². The first kappa shape index (κ1) is 15.9. The van der Waals surface area contributed by atoms with Crippen molar-refractivity contribution in [3.05, 3.63) is 108 Å². The zero-order chi connectivity index (χ0) is 17.1. The van der Waals surface area contributed by atoms with Crippen molar-refractivity contribution in [2.75, 3.05) is 0 Å². The van der Waals surface area contributed by atoms with Crippen molar-refractivity contribution in [2.45, 2.75) is 0 Å². The van der Waals surface area contributed by atoms with Gasteiger partial charge in [0, 0.05) is 4.47 Å². The van der Waals surface area contributed by atoms with E-state index < -0.39 is 0 Å². The highest BCUT2D eigenvalue weighted by Gasteiger charge is 2.11. The summed E-state index contributed by atoms with van der Waals surface area (Å²) in [7, 11) is 0. The normalized spacial score (nSPS) is 10.6. The van der Waals surface area contributed by atoms with Crippen LogP contribution in [0.5, 0.6) is 0 Å². The molecule has 0 spiro atoms. The molecule has 0 N–H and O–H groups in total. The van der Waals surface area contributed by atoms with Gasteiger partial charge in [-0.2, -0.15) is 0 Å². The van der Waals surface area contributed by atoms with Gasteiger partial charge in [0.2, 0.25) is 0 Å². The largest absolute Gasteiger partial charge is 0.0622 e. The molecule has 0 amide bonds. The van der Waals surface area contributed by atoms with Crippen molar-refractivity contribution in [1.29, 1.82) is 0 Å². The van der Waals surface area contributed by atoms with E-state index in [2.05, 4.69) is 119 Å². The van der Waals surface area contributed by atoms with Crippen molar-refractivity contribution in [2.24, 2.45) is 0 Å². The molecular formula is C24H17Br. The molecule has 0 aliphatic carbocycles. The molecule has 1 heteroatoms. The Balaban J connectivity index is 1.91. The van der Waals surface area contributed by atoms with Crippen LogP contribution in [-0.4, -0.2) is 0 Å². The molecule has 120 valence electrons. The minimum absolute atomic E-state index is 1.10. The maximum Gasteiger partial charge on any atom is 0.0175 e. The first-order valence-corrected chi connectivity index (χ1v) is 9.12. The van der Waals surface area contributed by atoms with Gasteiger partial charge < -0.3 is 0 Å². The second-order valence-corrected chi connectivity index (χ2v) is 6.88. The first-order valence-electron chi connectivity index (χ1n) is 8.33. The Bertz CT molecular complexity index is 986. The zero-order valence-corrected chi connectivity index (χ0v) is 15.3. The number of halogens is 1. The van der Waals surface area contributed by atoms with Gasteiger partial charge in [-0.1, -0.05) is 107 Å². The molecule has 0 aliphatic heterocycles. The van der Waals surface area contributed by atoms with E-state index in [4.69, 9.17) is 0 Å². The van der Waals surface area contributed by atoms with Crippen molar-refractivity contribution in [3.63, 3.8) is 0 Å². The molecule has 0 bridgehead atoms. The van der Waals surface area contributed by atoms with Gasteiger partial charge in [-0.3, -0.25) is 0 Å². The number of rotatable bonds is 3. The lowest BCUT2D eigenvalue weighted by Gasteiger charge is -2.14. The Morgan fingerprint density at radius 1 is 0.360 bits per heavy atom. The van der Waals surface area contributed by atoms with Gasteiger partial charge in [0.15, 0.2) is 0 Å². The maximum atomic E-state index is 3.52. The molecule has 4 rings (SSSR count). The summed E-state index contributed by atoms with van der Waals surface area (Å²) in [5.74, 6) is 0. The highest BCUT2D eigenvalue weighted by Crippen LogP contribution is 2.38.